The molecule has 4 aromatic carbocycles. The standard InChI is InChI=1S/C25H17NO/c1-16-11-12-24-20(13-16)21-14-19-18-9-5-6-10-22(18)26(17-7-3-2-4-8-17)23(19)15-25(21)27-24/h2-15H,1H3. The maximum atomic E-state index is 6.19. The molecule has 0 aliphatic heterocycles. The summed E-state index contributed by atoms with van der Waals surface area (Å²) >= 11 is 0. The molecule has 0 fully saturated rings. The van der Waals surface area contributed by atoms with Crippen molar-refractivity contribution < 1.29 is 4.42 Å². The molecule has 6 aromatic rings. The average Bonchev–Trinajstić information content (AvgIpc) is 3.21. The van der Waals surface area contributed by atoms with E-state index in [4.69, 9.17) is 4.42 Å². The highest BCUT2D eigenvalue weighted by atomic mass is 16.3. The second kappa shape index (κ2) is 5.24. The van der Waals surface area contributed by atoms with Crippen molar-refractivity contribution in [3.63, 3.8) is 0 Å². The van der Waals surface area contributed by atoms with Gasteiger partial charge in [-0.05, 0) is 43.3 Å². The highest BCUT2D eigenvalue weighted by Gasteiger charge is 2.15. The third-order valence-electron chi connectivity index (χ3n) is 5.43. The fourth-order valence-corrected chi connectivity index (χ4v) is 4.21. The average molecular weight is 347 g/mol. The molecule has 0 aliphatic rings. The summed E-state index contributed by atoms with van der Waals surface area (Å²) in [5, 5.41) is 4.88. The molecule has 2 heteroatoms. The van der Waals surface area contributed by atoms with Gasteiger partial charge in [0.1, 0.15) is 11.2 Å². The topological polar surface area (TPSA) is 18.1 Å². The van der Waals surface area contributed by atoms with Gasteiger partial charge < -0.3 is 8.98 Å². The lowest BCUT2D eigenvalue weighted by Crippen LogP contribution is -1.92. The van der Waals surface area contributed by atoms with Crippen LogP contribution in [0.2, 0.25) is 0 Å². The van der Waals surface area contributed by atoms with E-state index in [0.717, 1.165) is 16.9 Å². The van der Waals surface area contributed by atoms with Gasteiger partial charge in [0.25, 0.3) is 0 Å². The van der Waals surface area contributed by atoms with E-state index in [0.29, 0.717) is 0 Å². The number of rotatable bonds is 1. The van der Waals surface area contributed by atoms with Gasteiger partial charge in [-0.25, -0.2) is 0 Å². The number of fused-ring (bicyclic) bond motifs is 6. The van der Waals surface area contributed by atoms with Crippen molar-refractivity contribution in [2.24, 2.45) is 0 Å². The van der Waals surface area contributed by atoms with Crippen LogP contribution in [0.5, 0.6) is 0 Å². The summed E-state index contributed by atoms with van der Waals surface area (Å²) in [5.41, 5.74) is 6.67. The molecular weight excluding hydrogens is 330 g/mol. The molecule has 0 bridgehead atoms. The van der Waals surface area contributed by atoms with E-state index in [1.54, 1.807) is 0 Å². The third-order valence-corrected chi connectivity index (χ3v) is 5.43. The molecule has 0 radical (unpaired) electrons. The van der Waals surface area contributed by atoms with Crippen molar-refractivity contribution in [1.29, 1.82) is 0 Å². The SMILES string of the molecule is Cc1ccc2oc3cc4c(cc3c2c1)c1ccccc1n4-c1ccccc1. The van der Waals surface area contributed by atoms with E-state index < -0.39 is 0 Å². The quantitative estimate of drug-likeness (QED) is 0.313. The van der Waals surface area contributed by atoms with Crippen molar-refractivity contribution in [3.8, 4) is 5.69 Å². The van der Waals surface area contributed by atoms with Crippen LogP contribution in [0.3, 0.4) is 0 Å². The molecule has 0 saturated heterocycles. The molecule has 2 aromatic heterocycles. The van der Waals surface area contributed by atoms with Gasteiger partial charge in [0.15, 0.2) is 0 Å². The van der Waals surface area contributed by atoms with Gasteiger partial charge in [-0.15, -0.1) is 0 Å². The zero-order valence-corrected chi connectivity index (χ0v) is 14.9. The van der Waals surface area contributed by atoms with E-state index in [-0.39, 0.29) is 0 Å². The van der Waals surface area contributed by atoms with E-state index in [2.05, 4.69) is 96.4 Å². The maximum Gasteiger partial charge on any atom is 0.137 e. The summed E-state index contributed by atoms with van der Waals surface area (Å²) in [6.07, 6.45) is 0. The highest BCUT2D eigenvalue weighted by Crippen LogP contribution is 2.38. The Bertz CT molecular complexity index is 1470. The minimum atomic E-state index is 0.933. The minimum Gasteiger partial charge on any atom is -0.456 e. The van der Waals surface area contributed by atoms with Gasteiger partial charge in [-0.1, -0.05) is 48.0 Å². The van der Waals surface area contributed by atoms with Gasteiger partial charge >= 0.3 is 0 Å². The van der Waals surface area contributed by atoms with E-state index in [9.17, 15) is 0 Å². The molecule has 0 unspecified atom stereocenters. The minimum absolute atomic E-state index is 0.933. The van der Waals surface area contributed by atoms with Gasteiger partial charge in [-0.2, -0.15) is 0 Å². The summed E-state index contributed by atoms with van der Waals surface area (Å²) in [5.74, 6) is 0. The van der Waals surface area contributed by atoms with Crippen molar-refractivity contribution in [2.75, 3.05) is 0 Å². The summed E-state index contributed by atoms with van der Waals surface area (Å²) in [6, 6.07) is 30.0. The maximum absolute atomic E-state index is 6.19. The second-order valence-corrected chi connectivity index (χ2v) is 7.16. The fourth-order valence-electron chi connectivity index (χ4n) is 4.21. The molecule has 0 aliphatic carbocycles. The van der Waals surface area contributed by atoms with Crippen LogP contribution in [-0.2, 0) is 0 Å². The number of furan rings is 1. The number of hydrogen-bond acceptors (Lipinski definition) is 1. The molecule has 0 amide bonds. The molecule has 0 atom stereocenters. The van der Waals surface area contributed by atoms with Crippen LogP contribution in [0.25, 0.3) is 49.4 Å². The summed E-state index contributed by atoms with van der Waals surface area (Å²) < 4.78 is 8.51. The van der Waals surface area contributed by atoms with Crippen molar-refractivity contribution in [3.05, 3.63) is 90.5 Å². The summed E-state index contributed by atoms with van der Waals surface area (Å²) in [7, 11) is 0. The lowest BCUT2D eigenvalue weighted by molar-refractivity contribution is 0.669. The number of aryl methyl sites for hydroxylation is 1. The molecule has 2 heterocycles. The van der Waals surface area contributed by atoms with Crippen molar-refractivity contribution in [1.82, 2.24) is 4.57 Å². The number of benzene rings is 4. The lowest BCUT2D eigenvalue weighted by Gasteiger charge is -2.07. The molecule has 6 rings (SSSR count). The van der Waals surface area contributed by atoms with Crippen LogP contribution < -0.4 is 0 Å². The van der Waals surface area contributed by atoms with Crippen LogP contribution >= 0.6 is 0 Å². The first-order valence-electron chi connectivity index (χ1n) is 9.21. The number of para-hydroxylation sites is 2. The van der Waals surface area contributed by atoms with Crippen molar-refractivity contribution in [2.45, 2.75) is 6.92 Å². The number of aromatic nitrogens is 1. The zero-order valence-electron chi connectivity index (χ0n) is 14.9. The third kappa shape index (κ3) is 2.01. The predicted molar refractivity (Wildman–Crippen MR) is 113 cm³/mol. The normalized spacial score (nSPS) is 11.9. The Kier molecular flexibility index (Phi) is 2.84. The number of nitrogens with zero attached hydrogens (tertiary/aromatic N) is 1. The zero-order chi connectivity index (χ0) is 18.0. The van der Waals surface area contributed by atoms with E-state index in [1.165, 1.54) is 38.1 Å². The molecule has 0 N–H and O–H groups in total. The first-order chi connectivity index (χ1) is 13.3. The summed E-state index contributed by atoms with van der Waals surface area (Å²) in [6.45, 7) is 2.12. The first-order valence-corrected chi connectivity index (χ1v) is 9.21. The van der Waals surface area contributed by atoms with E-state index in [1.807, 2.05) is 0 Å². The number of hydrogen-bond donors (Lipinski definition) is 0. The Morgan fingerprint density at radius 2 is 1.37 bits per heavy atom. The van der Waals surface area contributed by atoms with E-state index >= 15 is 0 Å². The van der Waals surface area contributed by atoms with Crippen molar-refractivity contribution >= 4 is 43.7 Å². The molecule has 0 spiro atoms. The van der Waals surface area contributed by atoms with Crippen LogP contribution in [0, 0.1) is 6.92 Å². The Hall–Kier alpha value is -3.52. The Balaban J connectivity index is 1.83. The van der Waals surface area contributed by atoms with Crippen LogP contribution in [0.15, 0.2) is 89.3 Å². The first kappa shape index (κ1) is 14.6. The smallest absolute Gasteiger partial charge is 0.137 e. The van der Waals surface area contributed by atoms with Gasteiger partial charge in [-0.3, -0.25) is 0 Å². The van der Waals surface area contributed by atoms with Gasteiger partial charge in [0.05, 0.1) is 11.0 Å². The summed E-state index contributed by atoms with van der Waals surface area (Å²) in [4.78, 5) is 0. The molecule has 0 saturated carbocycles. The van der Waals surface area contributed by atoms with Crippen LogP contribution in [-0.4, -0.2) is 4.57 Å². The lowest BCUT2D eigenvalue weighted by atomic mass is 10.1. The molecular formula is C25H17NO. The Morgan fingerprint density at radius 1 is 0.593 bits per heavy atom. The largest absolute Gasteiger partial charge is 0.456 e. The molecule has 128 valence electrons. The predicted octanol–water partition coefficient (Wildman–Crippen LogP) is 6.99. The second-order valence-electron chi connectivity index (χ2n) is 7.16. The Morgan fingerprint density at radius 3 is 2.26 bits per heavy atom. The molecule has 27 heavy (non-hydrogen) atoms. The van der Waals surface area contributed by atoms with Gasteiger partial charge in [0.2, 0.25) is 0 Å². The van der Waals surface area contributed by atoms with Crippen LogP contribution in [0.1, 0.15) is 5.56 Å². The molecule has 2 nitrogen and oxygen atoms in total. The Labute approximate surface area is 156 Å². The highest BCUT2D eigenvalue weighted by molar-refractivity contribution is 6.17. The fraction of sp³-hybridized carbons (Fsp3) is 0.0400. The monoisotopic (exact) mass is 347 g/mol. The van der Waals surface area contributed by atoms with Crippen LogP contribution in [0.4, 0.5) is 0 Å². The van der Waals surface area contributed by atoms with Gasteiger partial charge in [0, 0.05) is 33.3 Å².